The Labute approximate surface area is 124 Å². The number of rotatable bonds is 2. The summed E-state index contributed by atoms with van der Waals surface area (Å²) in [7, 11) is 3.56. The normalized spacial score (nSPS) is 25.9. The average molecular weight is 292 g/mol. The third-order valence-corrected chi connectivity index (χ3v) is 4.79. The van der Waals surface area contributed by atoms with Crippen molar-refractivity contribution in [1.82, 2.24) is 4.90 Å². The van der Waals surface area contributed by atoms with E-state index in [2.05, 4.69) is 11.9 Å². The number of nitrogens with zero attached hydrogens (tertiary/aromatic N) is 1. The minimum absolute atomic E-state index is 0.187. The van der Waals surface area contributed by atoms with E-state index in [-0.39, 0.29) is 12.0 Å². The van der Waals surface area contributed by atoms with Crippen LogP contribution in [0.5, 0.6) is 0 Å². The third kappa shape index (κ3) is 2.15. The van der Waals surface area contributed by atoms with Crippen LogP contribution in [0.1, 0.15) is 24.8 Å². The van der Waals surface area contributed by atoms with Gasteiger partial charge in [-0.25, -0.2) is 4.79 Å². The van der Waals surface area contributed by atoms with Gasteiger partial charge in [0.25, 0.3) is 0 Å². The number of methoxy groups -OCH3 is 1. The number of hydrogen-bond acceptors (Lipinski definition) is 3. The summed E-state index contributed by atoms with van der Waals surface area (Å²) in [5.41, 5.74) is 3.03. The Morgan fingerprint density at radius 2 is 2.00 bits per heavy atom. The van der Waals surface area contributed by atoms with Gasteiger partial charge < -0.3 is 4.74 Å². The highest BCUT2D eigenvalue weighted by atomic mass is 35.5. The first-order valence-electron chi connectivity index (χ1n) is 6.91. The van der Waals surface area contributed by atoms with Crippen molar-refractivity contribution in [3.63, 3.8) is 0 Å². The summed E-state index contributed by atoms with van der Waals surface area (Å²) < 4.78 is 5.01. The molecule has 1 saturated heterocycles. The second kappa shape index (κ2) is 5.23. The molecule has 0 aromatic heterocycles. The van der Waals surface area contributed by atoms with Crippen molar-refractivity contribution in [3.05, 3.63) is 40.4 Å². The predicted octanol–water partition coefficient (Wildman–Crippen LogP) is 3.13. The van der Waals surface area contributed by atoms with Gasteiger partial charge in [-0.15, -0.1) is 0 Å². The van der Waals surface area contributed by atoms with Crippen molar-refractivity contribution in [2.75, 3.05) is 14.2 Å². The van der Waals surface area contributed by atoms with Gasteiger partial charge in [-0.2, -0.15) is 0 Å². The van der Waals surface area contributed by atoms with E-state index >= 15 is 0 Å². The molecule has 20 heavy (non-hydrogen) atoms. The van der Waals surface area contributed by atoms with Crippen LogP contribution in [-0.4, -0.2) is 37.1 Å². The highest BCUT2D eigenvalue weighted by Crippen LogP contribution is 2.42. The molecule has 2 aliphatic heterocycles. The molecule has 0 amide bonds. The van der Waals surface area contributed by atoms with Crippen molar-refractivity contribution in [1.29, 1.82) is 0 Å². The summed E-state index contributed by atoms with van der Waals surface area (Å²) in [6, 6.07) is 8.44. The number of carbonyl (C=O) groups excluding carboxylic acids is 1. The molecule has 0 unspecified atom stereocenters. The molecule has 0 aliphatic carbocycles. The lowest BCUT2D eigenvalue weighted by atomic mass is 9.89. The van der Waals surface area contributed by atoms with Gasteiger partial charge in [-0.1, -0.05) is 23.7 Å². The minimum Gasteiger partial charge on any atom is -0.466 e. The lowest BCUT2D eigenvalue weighted by Gasteiger charge is -2.34. The second-order valence-corrected chi connectivity index (χ2v) is 5.94. The van der Waals surface area contributed by atoms with Gasteiger partial charge in [0.2, 0.25) is 0 Å². The predicted molar refractivity (Wildman–Crippen MR) is 79.6 cm³/mol. The molecule has 3 nitrogen and oxygen atoms in total. The molecule has 2 atom stereocenters. The van der Waals surface area contributed by atoms with Crippen molar-refractivity contribution < 1.29 is 9.53 Å². The Kier molecular flexibility index (Phi) is 3.57. The average Bonchev–Trinajstić information content (AvgIpc) is 2.70. The van der Waals surface area contributed by atoms with Crippen molar-refractivity contribution in [2.45, 2.75) is 31.3 Å². The summed E-state index contributed by atoms with van der Waals surface area (Å²) in [5.74, 6) is -0.202. The molecule has 4 heteroatoms. The molecule has 3 rings (SSSR count). The summed E-state index contributed by atoms with van der Waals surface area (Å²) in [6.45, 7) is 0. The maximum Gasteiger partial charge on any atom is 0.335 e. The highest BCUT2D eigenvalue weighted by Gasteiger charge is 2.42. The zero-order valence-corrected chi connectivity index (χ0v) is 12.5. The van der Waals surface area contributed by atoms with Crippen LogP contribution < -0.4 is 0 Å². The molecule has 106 valence electrons. The molecule has 2 heterocycles. The molecule has 2 bridgehead atoms. The zero-order valence-electron chi connectivity index (χ0n) is 11.7. The van der Waals surface area contributed by atoms with Crippen LogP contribution in [0.25, 0.3) is 5.57 Å². The topological polar surface area (TPSA) is 29.5 Å². The summed E-state index contributed by atoms with van der Waals surface area (Å²) >= 11 is 5.95. The van der Waals surface area contributed by atoms with Crippen molar-refractivity contribution >= 4 is 23.1 Å². The van der Waals surface area contributed by atoms with E-state index < -0.39 is 0 Å². The molecule has 1 aromatic carbocycles. The van der Waals surface area contributed by atoms with E-state index in [1.807, 2.05) is 24.3 Å². The van der Waals surface area contributed by atoms with Crippen LogP contribution in [0.2, 0.25) is 5.02 Å². The number of halogens is 1. The third-order valence-electron chi connectivity index (χ3n) is 4.54. The van der Waals surface area contributed by atoms with Gasteiger partial charge in [0.05, 0.1) is 12.7 Å². The standard InChI is InChI=1S/C16H18ClNO2/c1-18-12-7-8-14(18)15(16(19)20-2)13(9-12)10-3-5-11(17)6-4-10/h3-6,12,14H,7-9H2,1-2H3/t12-,14+/m0/s1. The van der Waals surface area contributed by atoms with Crippen LogP contribution in [-0.2, 0) is 9.53 Å². The van der Waals surface area contributed by atoms with Crippen LogP contribution in [0.3, 0.4) is 0 Å². The molecule has 0 N–H and O–H groups in total. The molecule has 0 spiro atoms. The Morgan fingerprint density at radius 1 is 1.30 bits per heavy atom. The van der Waals surface area contributed by atoms with Crippen LogP contribution in [0.4, 0.5) is 0 Å². The molecule has 0 radical (unpaired) electrons. The lowest BCUT2D eigenvalue weighted by Crippen LogP contribution is -2.40. The number of likely N-dealkylation sites (N-methyl/N-ethyl adjacent to an activating group) is 1. The first-order chi connectivity index (χ1) is 9.61. The fourth-order valence-electron chi connectivity index (χ4n) is 3.45. The quantitative estimate of drug-likeness (QED) is 0.784. The number of esters is 1. The largest absolute Gasteiger partial charge is 0.466 e. The highest BCUT2D eigenvalue weighted by molar-refractivity contribution is 6.30. The van der Waals surface area contributed by atoms with Crippen LogP contribution in [0, 0.1) is 0 Å². The number of fused-ring (bicyclic) bond motifs is 2. The van der Waals surface area contributed by atoms with E-state index in [4.69, 9.17) is 16.3 Å². The SMILES string of the molecule is COC(=O)C1=C(c2ccc(Cl)cc2)C[C@@H]2CC[C@H]1N2C. The first kappa shape index (κ1) is 13.7. The van der Waals surface area contributed by atoms with Crippen LogP contribution in [0.15, 0.2) is 29.8 Å². The van der Waals surface area contributed by atoms with Gasteiger partial charge >= 0.3 is 5.97 Å². The van der Waals surface area contributed by atoms with Gasteiger partial charge in [0.15, 0.2) is 0 Å². The molecular weight excluding hydrogens is 274 g/mol. The monoisotopic (exact) mass is 291 g/mol. The Balaban J connectivity index is 2.10. The Morgan fingerprint density at radius 3 is 2.65 bits per heavy atom. The fraction of sp³-hybridized carbons (Fsp3) is 0.438. The van der Waals surface area contributed by atoms with Crippen LogP contribution >= 0.6 is 11.6 Å². The number of benzene rings is 1. The Hall–Kier alpha value is -1.32. The van der Waals surface area contributed by atoms with E-state index in [0.29, 0.717) is 11.1 Å². The molecule has 2 aliphatic rings. The van der Waals surface area contributed by atoms with Gasteiger partial charge in [-0.05, 0) is 49.6 Å². The van der Waals surface area contributed by atoms with Crippen molar-refractivity contribution in [2.24, 2.45) is 0 Å². The Bertz CT molecular complexity index is 564. The maximum absolute atomic E-state index is 12.2. The maximum atomic E-state index is 12.2. The number of hydrogen-bond donors (Lipinski definition) is 0. The fourth-order valence-corrected chi connectivity index (χ4v) is 3.57. The first-order valence-corrected chi connectivity index (χ1v) is 7.29. The molecule has 0 saturated carbocycles. The lowest BCUT2D eigenvalue weighted by molar-refractivity contribution is -0.136. The molecule has 1 aromatic rings. The summed E-state index contributed by atoms with van der Waals surface area (Å²) in [6.07, 6.45) is 3.07. The van der Waals surface area contributed by atoms with Gasteiger partial charge in [0.1, 0.15) is 0 Å². The van der Waals surface area contributed by atoms with Gasteiger partial charge in [0, 0.05) is 17.1 Å². The summed E-state index contributed by atoms with van der Waals surface area (Å²) in [5, 5.41) is 0.713. The van der Waals surface area contributed by atoms with E-state index in [0.717, 1.165) is 36.0 Å². The van der Waals surface area contributed by atoms with E-state index in [9.17, 15) is 4.79 Å². The number of carbonyl (C=O) groups is 1. The van der Waals surface area contributed by atoms with E-state index in [1.165, 1.54) is 7.11 Å². The smallest absolute Gasteiger partial charge is 0.335 e. The van der Waals surface area contributed by atoms with E-state index in [1.54, 1.807) is 0 Å². The second-order valence-electron chi connectivity index (χ2n) is 5.51. The summed E-state index contributed by atoms with van der Waals surface area (Å²) in [4.78, 5) is 14.5. The minimum atomic E-state index is -0.202. The zero-order chi connectivity index (χ0) is 14.3. The number of ether oxygens (including phenoxy) is 1. The van der Waals surface area contributed by atoms with Crippen molar-refractivity contribution in [3.8, 4) is 0 Å². The molecular formula is C16H18ClNO2. The molecule has 1 fully saturated rings. The van der Waals surface area contributed by atoms with Gasteiger partial charge in [-0.3, -0.25) is 4.90 Å².